The van der Waals surface area contributed by atoms with E-state index in [1.807, 2.05) is 0 Å². The summed E-state index contributed by atoms with van der Waals surface area (Å²) in [6.07, 6.45) is -4.69. The highest BCUT2D eigenvalue weighted by atomic mass is 35.5. The zero-order chi connectivity index (χ0) is 13.9. The predicted molar refractivity (Wildman–Crippen MR) is 61.6 cm³/mol. The fraction of sp³-hybridized carbons (Fsp3) is 0.200. The Morgan fingerprint density at radius 1 is 1.50 bits per heavy atom. The number of nitrogens with one attached hydrogen (secondary N) is 1. The van der Waals surface area contributed by atoms with Gasteiger partial charge in [-0.2, -0.15) is 13.2 Å². The highest BCUT2D eigenvalue weighted by Crippen LogP contribution is 2.37. The Morgan fingerprint density at radius 2 is 2.11 bits per heavy atom. The van der Waals surface area contributed by atoms with Gasteiger partial charge in [-0.25, -0.2) is 0 Å². The Morgan fingerprint density at radius 3 is 2.56 bits per heavy atom. The van der Waals surface area contributed by atoms with Crippen LogP contribution in [0.4, 0.5) is 24.5 Å². The van der Waals surface area contributed by atoms with Crippen LogP contribution in [0.2, 0.25) is 0 Å². The summed E-state index contributed by atoms with van der Waals surface area (Å²) in [6, 6.07) is 2.44. The average molecular weight is 281 g/mol. The van der Waals surface area contributed by atoms with Gasteiger partial charge in [-0.3, -0.25) is 10.1 Å². The smallest absolute Gasteiger partial charge is 0.380 e. The van der Waals surface area contributed by atoms with Crippen LogP contribution in [0.5, 0.6) is 0 Å². The first-order chi connectivity index (χ1) is 8.21. The lowest BCUT2D eigenvalue weighted by Gasteiger charge is -2.13. The van der Waals surface area contributed by atoms with Gasteiger partial charge in [0.2, 0.25) is 0 Å². The maximum Gasteiger partial charge on any atom is 0.418 e. The summed E-state index contributed by atoms with van der Waals surface area (Å²) >= 11 is 5.43. The number of halogens is 4. The van der Waals surface area contributed by atoms with Crippen molar-refractivity contribution >= 4 is 23.0 Å². The zero-order valence-corrected chi connectivity index (χ0v) is 9.68. The monoisotopic (exact) mass is 280 g/mol. The first kappa shape index (κ1) is 14.3. The predicted octanol–water partition coefficient (Wildman–Crippen LogP) is 3.78. The van der Waals surface area contributed by atoms with Crippen molar-refractivity contribution in [1.82, 2.24) is 0 Å². The largest absolute Gasteiger partial charge is 0.418 e. The van der Waals surface area contributed by atoms with Crippen molar-refractivity contribution in [2.45, 2.75) is 6.18 Å². The van der Waals surface area contributed by atoms with Gasteiger partial charge < -0.3 is 5.32 Å². The second-order valence-electron chi connectivity index (χ2n) is 3.36. The van der Waals surface area contributed by atoms with Gasteiger partial charge in [0, 0.05) is 22.9 Å². The Kier molecular flexibility index (Phi) is 4.18. The summed E-state index contributed by atoms with van der Waals surface area (Å²) < 4.78 is 38.1. The molecule has 98 valence electrons. The molecule has 0 bridgehead atoms. The van der Waals surface area contributed by atoms with Crippen molar-refractivity contribution in [2.75, 3.05) is 11.9 Å². The Hall–Kier alpha value is -1.76. The van der Waals surface area contributed by atoms with Crippen LogP contribution in [0, 0.1) is 10.1 Å². The summed E-state index contributed by atoms with van der Waals surface area (Å²) in [4.78, 5) is 9.55. The number of nitrogens with zero attached hydrogens (tertiary/aromatic N) is 1. The number of rotatable bonds is 4. The second-order valence-corrected chi connectivity index (χ2v) is 3.89. The minimum absolute atomic E-state index is 0.0670. The topological polar surface area (TPSA) is 55.2 Å². The fourth-order valence-electron chi connectivity index (χ4n) is 1.23. The van der Waals surface area contributed by atoms with Crippen LogP contribution in [-0.2, 0) is 6.18 Å². The molecule has 1 N–H and O–H groups in total. The van der Waals surface area contributed by atoms with Gasteiger partial charge in [0.15, 0.2) is 0 Å². The molecule has 0 saturated heterocycles. The van der Waals surface area contributed by atoms with E-state index in [1.54, 1.807) is 0 Å². The summed E-state index contributed by atoms with van der Waals surface area (Å²) in [5, 5.41) is 13.0. The lowest BCUT2D eigenvalue weighted by molar-refractivity contribution is -0.385. The average Bonchev–Trinajstić information content (AvgIpc) is 2.24. The van der Waals surface area contributed by atoms with Crippen molar-refractivity contribution in [2.24, 2.45) is 0 Å². The van der Waals surface area contributed by atoms with Gasteiger partial charge in [0.25, 0.3) is 5.69 Å². The highest BCUT2D eigenvalue weighted by Gasteiger charge is 2.35. The number of alkyl halides is 3. The SMILES string of the molecule is C=C(Cl)CNc1ccc([N+](=O)[O-])cc1C(F)(F)F. The first-order valence-corrected chi connectivity index (χ1v) is 5.02. The van der Waals surface area contributed by atoms with Gasteiger partial charge in [-0.05, 0) is 6.07 Å². The first-order valence-electron chi connectivity index (χ1n) is 4.64. The van der Waals surface area contributed by atoms with Crippen molar-refractivity contribution in [3.63, 3.8) is 0 Å². The summed E-state index contributed by atoms with van der Waals surface area (Å²) in [5.41, 5.74) is -2.03. The second kappa shape index (κ2) is 5.26. The molecule has 0 radical (unpaired) electrons. The van der Waals surface area contributed by atoms with E-state index in [0.29, 0.717) is 6.07 Å². The Labute approximate surface area is 105 Å². The molecule has 0 aliphatic carbocycles. The lowest BCUT2D eigenvalue weighted by Crippen LogP contribution is -2.12. The third kappa shape index (κ3) is 3.63. The summed E-state index contributed by atoms with van der Waals surface area (Å²) in [6.45, 7) is 3.25. The lowest BCUT2D eigenvalue weighted by atomic mass is 10.1. The third-order valence-corrected chi connectivity index (χ3v) is 2.12. The van der Waals surface area contributed by atoms with E-state index < -0.39 is 22.4 Å². The number of nitro groups is 1. The minimum atomic E-state index is -4.69. The molecule has 0 spiro atoms. The molecule has 0 unspecified atom stereocenters. The quantitative estimate of drug-likeness (QED) is 0.674. The van der Waals surface area contributed by atoms with Gasteiger partial charge in [-0.1, -0.05) is 18.2 Å². The van der Waals surface area contributed by atoms with E-state index in [2.05, 4.69) is 11.9 Å². The van der Waals surface area contributed by atoms with Gasteiger partial charge in [0.05, 0.1) is 17.0 Å². The summed E-state index contributed by atoms with van der Waals surface area (Å²) in [5.74, 6) is 0. The van der Waals surface area contributed by atoms with E-state index in [4.69, 9.17) is 11.6 Å². The molecular formula is C10H8ClF3N2O2. The van der Waals surface area contributed by atoms with Crippen molar-refractivity contribution < 1.29 is 18.1 Å². The molecule has 1 aromatic rings. The maximum absolute atomic E-state index is 12.7. The molecule has 1 rings (SSSR count). The molecule has 0 atom stereocenters. The molecule has 4 nitrogen and oxygen atoms in total. The summed E-state index contributed by atoms with van der Waals surface area (Å²) in [7, 11) is 0. The molecule has 0 fully saturated rings. The van der Waals surface area contributed by atoms with E-state index >= 15 is 0 Å². The molecule has 8 heteroatoms. The maximum atomic E-state index is 12.7. The standard InChI is InChI=1S/C10H8ClF3N2O2/c1-6(11)5-15-9-3-2-7(16(17)18)4-8(9)10(12,13)14/h2-4,15H,1,5H2. The van der Waals surface area contributed by atoms with Gasteiger partial charge in [-0.15, -0.1) is 0 Å². The number of benzene rings is 1. The van der Waals surface area contributed by atoms with Crippen LogP contribution < -0.4 is 5.32 Å². The number of hydrogen-bond donors (Lipinski definition) is 1. The number of non-ortho nitro benzene ring substituents is 1. The fourth-order valence-corrected chi connectivity index (χ4v) is 1.29. The normalized spacial score (nSPS) is 11.1. The number of anilines is 1. The molecule has 0 aliphatic rings. The van der Waals surface area contributed by atoms with Gasteiger partial charge in [0.1, 0.15) is 0 Å². The van der Waals surface area contributed by atoms with Crippen LogP contribution in [-0.4, -0.2) is 11.5 Å². The van der Waals surface area contributed by atoms with Crippen LogP contribution >= 0.6 is 11.6 Å². The molecule has 0 aromatic heterocycles. The van der Waals surface area contributed by atoms with Gasteiger partial charge >= 0.3 is 6.18 Å². The van der Waals surface area contributed by atoms with Crippen LogP contribution in [0.15, 0.2) is 29.8 Å². The van der Waals surface area contributed by atoms with E-state index in [0.717, 1.165) is 12.1 Å². The minimum Gasteiger partial charge on any atom is -0.380 e. The molecule has 0 aliphatic heterocycles. The van der Waals surface area contributed by atoms with Crippen molar-refractivity contribution in [1.29, 1.82) is 0 Å². The van der Waals surface area contributed by atoms with Crippen molar-refractivity contribution in [3.05, 3.63) is 45.5 Å². The van der Waals surface area contributed by atoms with Crippen LogP contribution in [0.3, 0.4) is 0 Å². The Bertz CT molecular complexity index is 489. The third-order valence-electron chi connectivity index (χ3n) is 1.99. The molecule has 0 amide bonds. The molecule has 1 aromatic carbocycles. The Balaban J connectivity index is 3.17. The van der Waals surface area contributed by atoms with Crippen molar-refractivity contribution in [3.8, 4) is 0 Å². The van der Waals surface area contributed by atoms with Crippen LogP contribution in [0.25, 0.3) is 0 Å². The van der Waals surface area contributed by atoms with E-state index in [-0.39, 0.29) is 17.3 Å². The van der Waals surface area contributed by atoms with Crippen LogP contribution in [0.1, 0.15) is 5.56 Å². The zero-order valence-electron chi connectivity index (χ0n) is 8.92. The van der Waals surface area contributed by atoms with E-state index in [1.165, 1.54) is 0 Å². The molecule has 0 saturated carbocycles. The number of hydrogen-bond acceptors (Lipinski definition) is 3. The molecular weight excluding hydrogens is 273 g/mol. The molecule has 0 heterocycles. The highest BCUT2D eigenvalue weighted by molar-refractivity contribution is 6.29. The molecule has 18 heavy (non-hydrogen) atoms. The van der Waals surface area contributed by atoms with E-state index in [9.17, 15) is 23.3 Å². The number of nitro benzene ring substituents is 1.